The molecule has 0 bridgehead atoms. The molecule has 0 spiro atoms. The molecular formula is C27H32N6O2. The van der Waals surface area contributed by atoms with Crippen molar-refractivity contribution >= 4 is 22.5 Å². The highest BCUT2D eigenvalue weighted by Gasteiger charge is 2.21. The Morgan fingerprint density at radius 2 is 1.83 bits per heavy atom. The van der Waals surface area contributed by atoms with Gasteiger partial charge in [0.25, 0.3) is 5.56 Å². The summed E-state index contributed by atoms with van der Waals surface area (Å²) in [6.45, 7) is 4.04. The highest BCUT2D eigenvalue weighted by Crippen LogP contribution is 2.26. The van der Waals surface area contributed by atoms with Crippen LogP contribution in [-0.4, -0.2) is 25.5 Å². The van der Waals surface area contributed by atoms with E-state index < -0.39 is 0 Å². The molecule has 8 heteroatoms. The molecule has 0 radical (unpaired) electrons. The summed E-state index contributed by atoms with van der Waals surface area (Å²) in [5, 5.41) is 12.2. The van der Waals surface area contributed by atoms with E-state index in [2.05, 4.69) is 34.9 Å². The number of hydrogen-bond acceptors (Lipinski definition) is 5. The summed E-state index contributed by atoms with van der Waals surface area (Å²) in [6.07, 6.45) is 4.41. The van der Waals surface area contributed by atoms with Crippen molar-refractivity contribution in [3.05, 3.63) is 86.6 Å². The molecule has 0 aliphatic carbocycles. The molecule has 2 N–H and O–H groups in total. The summed E-state index contributed by atoms with van der Waals surface area (Å²) in [4.78, 5) is 26.1. The van der Waals surface area contributed by atoms with Crippen LogP contribution in [0.3, 0.4) is 0 Å². The summed E-state index contributed by atoms with van der Waals surface area (Å²) in [7, 11) is 1.53. The number of piperidine rings is 1. The summed E-state index contributed by atoms with van der Waals surface area (Å²) < 4.78 is 4.58. The van der Waals surface area contributed by atoms with Crippen LogP contribution in [0.5, 0.6) is 0 Å². The number of nitrogens with zero attached hydrogens (tertiary/aromatic N) is 4. The van der Waals surface area contributed by atoms with Crippen LogP contribution in [0.15, 0.2) is 64.2 Å². The lowest BCUT2D eigenvalue weighted by Gasteiger charge is -2.24. The Morgan fingerprint density at radius 3 is 2.51 bits per heavy atom. The molecule has 1 aliphatic heterocycles. The molecule has 182 valence electrons. The van der Waals surface area contributed by atoms with E-state index >= 15 is 0 Å². The first-order valence-corrected chi connectivity index (χ1v) is 12.4. The molecule has 4 aromatic rings. The molecule has 1 saturated heterocycles. The van der Waals surface area contributed by atoms with Crippen LogP contribution in [0.4, 0.5) is 11.5 Å². The standard InChI is InChI=1S/C27H32N6O2/c1-3-17-32-25-23(26(34)31(2)27(32)35)24(29-21-9-5-4-6-10-21)33(30-25)18-19-12-14-20(15-13-19)22-11-7-8-16-28-22/h4-6,9-10,12-15,22,28-29H,3,7-8,11,16-18H2,1-2H3. The van der Waals surface area contributed by atoms with E-state index in [1.165, 1.54) is 30.0 Å². The van der Waals surface area contributed by atoms with Crippen LogP contribution >= 0.6 is 0 Å². The molecule has 5 rings (SSSR count). The Kier molecular flexibility index (Phi) is 6.55. The molecule has 2 aromatic carbocycles. The maximum absolute atomic E-state index is 13.3. The maximum atomic E-state index is 13.3. The van der Waals surface area contributed by atoms with Crippen molar-refractivity contribution in [3.63, 3.8) is 0 Å². The molecular weight excluding hydrogens is 440 g/mol. The van der Waals surface area contributed by atoms with Crippen LogP contribution in [0.1, 0.15) is 49.8 Å². The Hall–Kier alpha value is -3.65. The predicted molar refractivity (Wildman–Crippen MR) is 139 cm³/mol. The average Bonchev–Trinajstić information content (AvgIpc) is 3.24. The molecule has 1 atom stereocenters. The van der Waals surface area contributed by atoms with Gasteiger partial charge < -0.3 is 10.6 Å². The van der Waals surface area contributed by atoms with Crippen LogP contribution in [0.2, 0.25) is 0 Å². The summed E-state index contributed by atoms with van der Waals surface area (Å²) in [5.74, 6) is 0.592. The Bertz CT molecular complexity index is 1430. The molecule has 8 nitrogen and oxygen atoms in total. The number of nitrogens with one attached hydrogen (secondary N) is 2. The topological polar surface area (TPSA) is 85.9 Å². The third-order valence-corrected chi connectivity index (χ3v) is 6.73. The van der Waals surface area contributed by atoms with Crippen molar-refractivity contribution in [1.82, 2.24) is 24.2 Å². The van der Waals surface area contributed by atoms with Crippen LogP contribution in [-0.2, 0) is 20.1 Å². The zero-order valence-corrected chi connectivity index (χ0v) is 20.3. The first kappa shape index (κ1) is 23.1. The van der Waals surface area contributed by atoms with E-state index in [9.17, 15) is 9.59 Å². The van der Waals surface area contributed by atoms with E-state index in [1.54, 1.807) is 9.25 Å². The van der Waals surface area contributed by atoms with Crippen LogP contribution in [0, 0.1) is 0 Å². The van der Waals surface area contributed by atoms with Crippen molar-refractivity contribution in [3.8, 4) is 0 Å². The van der Waals surface area contributed by atoms with Gasteiger partial charge in [0.2, 0.25) is 0 Å². The second-order valence-corrected chi connectivity index (χ2v) is 9.24. The first-order valence-electron chi connectivity index (χ1n) is 12.4. The van der Waals surface area contributed by atoms with Gasteiger partial charge in [0.1, 0.15) is 11.2 Å². The fourth-order valence-corrected chi connectivity index (χ4v) is 4.85. The Balaban J connectivity index is 1.59. The van der Waals surface area contributed by atoms with Gasteiger partial charge in [-0.15, -0.1) is 0 Å². The highest BCUT2D eigenvalue weighted by atomic mass is 16.2. The molecule has 1 aliphatic rings. The summed E-state index contributed by atoms with van der Waals surface area (Å²) in [6, 6.07) is 18.7. The lowest BCUT2D eigenvalue weighted by atomic mass is 9.97. The molecule has 1 unspecified atom stereocenters. The molecule has 2 aromatic heterocycles. The molecule has 0 saturated carbocycles. The molecule has 35 heavy (non-hydrogen) atoms. The SMILES string of the molecule is CCCn1c(=O)n(C)c(=O)c2c(Nc3ccccc3)n(Cc3ccc(C4CCCCN4)cc3)nc21. The summed E-state index contributed by atoms with van der Waals surface area (Å²) in [5.41, 5.74) is 2.96. The monoisotopic (exact) mass is 472 g/mol. The first-order chi connectivity index (χ1) is 17.1. The van der Waals surface area contributed by atoms with E-state index in [-0.39, 0.29) is 11.2 Å². The lowest BCUT2D eigenvalue weighted by Crippen LogP contribution is -2.38. The van der Waals surface area contributed by atoms with Crippen molar-refractivity contribution in [2.45, 2.75) is 51.7 Å². The van der Waals surface area contributed by atoms with Crippen molar-refractivity contribution in [1.29, 1.82) is 0 Å². The van der Waals surface area contributed by atoms with Gasteiger partial charge in [0.05, 0.1) is 6.54 Å². The quantitative estimate of drug-likeness (QED) is 0.426. The number of benzene rings is 2. The van der Waals surface area contributed by atoms with Crippen molar-refractivity contribution in [2.75, 3.05) is 11.9 Å². The second-order valence-electron chi connectivity index (χ2n) is 9.24. The fourth-order valence-electron chi connectivity index (χ4n) is 4.85. The average molecular weight is 473 g/mol. The number of aryl methyl sites for hydroxylation is 1. The van der Waals surface area contributed by atoms with Gasteiger partial charge >= 0.3 is 5.69 Å². The number of fused-ring (bicyclic) bond motifs is 1. The van der Waals surface area contributed by atoms with Crippen molar-refractivity contribution in [2.24, 2.45) is 7.05 Å². The van der Waals surface area contributed by atoms with E-state index in [4.69, 9.17) is 5.10 Å². The zero-order chi connectivity index (χ0) is 24.4. The number of para-hydroxylation sites is 1. The molecule has 1 fully saturated rings. The van der Waals surface area contributed by atoms with E-state index in [0.29, 0.717) is 36.0 Å². The minimum Gasteiger partial charge on any atom is -0.340 e. The second kappa shape index (κ2) is 9.92. The lowest BCUT2D eigenvalue weighted by molar-refractivity contribution is 0.412. The van der Waals surface area contributed by atoms with Gasteiger partial charge in [-0.1, -0.05) is 55.8 Å². The van der Waals surface area contributed by atoms with Crippen LogP contribution in [0.25, 0.3) is 11.0 Å². The minimum atomic E-state index is -0.347. The van der Waals surface area contributed by atoms with Gasteiger partial charge in [-0.3, -0.25) is 13.9 Å². The third-order valence-electron chi connectivity index (χ3n) is 6.73. The van der Waals surface area contributed by atoms with Crippen LogP contribution < -0.4 is 21.9 Å². The smallest absolute Gasteiger partial charge is 0.332 e. The third kappa shape index (κ3) is 4.53. The number of aromatic nitrogens is 4. The van der Waals surface area contributed by atoms with Gasteiger partial charge in [-0.25, -0.2) is 9.48 Å². The fraction of sp³-hybridized carbons (Fsp3) is 0.370. The van der Waals surface area contributed by atoms with E-state index in [0.717, 1.165) is 30.6 Å². The predicted octanol–water partition coefficient (Wildman–Crippen LogP) is 3.91. The van der Waals surface area contributed by atoms with Gasteiger partial charge in [-0.05, 0) is 49.1 Å². The maximum Gasteiger partial charge on any atom is 0.332 e. The number of rotatable bonds is 7. The largest absolute Gasteiger partial charge is 0.340 e. The number of anilines is 2. The normalized spacial score (nSPS) is 16.0. The Labute approximate surface area is 204 Å². The van der Waals surface area contributed by atoms with E-state index in [1.807, 2.05) is 37.3 Å². The zero-order valence-electron chi connectivity index (χ0n) is 20.3. The minimum absolute atomic E-state index is 0.343. The highest BCUT2D eigenvalue weighted by molar-refractivity contribution is 5.89. The van der Waals surface area contributed by atoms with Gasteiger partial charge in [-0.2, -0.15) is 5.10 Å². The van der Waals surface area contributed by atoms with Gasteiger partial charge in [0, 0.05) is 25.3 Å². The molecule has 0 amide bonds. The molecule has 3 heterocycles. The summed E-state index contributed by atoms with van der Waals surface area (Å²) >= 11 is 0. The number of hydrogen-bond donors (Lipinski definition) is 2. The Morgan fingerprint density at radius 1 is 1.06 bits per heavy atom. The van der Waals surface area contributed by atoms with Crippen molar-refractivity contribution < 1.29 is 0 Å². The van der Waals surface area contributed by atoms with Gasteiger partial charge in [0.15, 0.2) is 5.65 Å².